The minimum atomic E-state index is -4.78. The van der Waals surface area contributed by atoms with E-state index in [0.717, 1.165) is 28.0 Å². The molecule has 1 aromatic carbocycles. The first-order valence-electron chi connectivity index (χ1n) is 9.31. The van der Waals surface area contributed by atoms with Crippen LogP contribution in [0.4, 0.5) is 18.3 Å². The second kappa shape index (κ2) is 8.24. The molecule has 4 rings (SSSR count). The van der Waals surface area contributed by atoms with Crippen LogP contribution in [0.25, 0.3) is 22.4 Å². The molecule has 0 bridgehead atoms. The summed E-state index contributed by atoms with van der Waals surface area (Å²) in [6, 6.07) is 5.16. The number of benzene rings is 1. The fourth-order valence-corrected chi connectivity index (χ4v) is 3.92. The van der Waals surface area contributed by atoms with Crippen molar-refractivity contribution in [3.8, 4) is 17.0 Å². The molecule has 0 radical (unpaired) electrons. The minimum Gasteiger partial charge on any atom is -0.447 e. The number of carbonyl (C=O) groups is 1. The molecule has 13 heteroatoms. The molecule has 33 heavy (non-hydrogen) atoms. The monoisotopic (exact) mass is 480 g/mol. The molecule has 9 nitrogen and oxygen atoms in total. The number of rotatable bonds is 5. The molecular weight excluding hydrogens is 465 g/mol. The van der Waals surface area contributed by atoms with E-state index in [4.69, 9.17) is 4.42 Å². The predicted octanol–water partition coefficient (Wildman–Crippen LogP) is 3.03. The van der Waals surface area contributed by atoms with E-state index in [1.54, 1.807) is 5.38 Å². The number of amides is 1. The van der Waals surface area contributed by atoms with Gasteiger partial charge >= 0.3 is 12.1 Å². The Balaban J connectivity index is 1.49. The number of furan rings is 1. The molecular formula is C20H15F3N4O5S. The highest BCUT2D eigenvalue weighted by Gasteiger charge is 2.31. The lowest BCUT2D eigenvalue weighted by Crippen LogP contribution is -2.36. The minimum absolute atomic E-state index is 0.0698. The molecule has 3 aromatic heterocycles. The van der Waals surface area contributed by atoms with Crippen LogP contribution in [-0.2, 0) is 25.3 Å². The zero-order valence-electron chi connectivity index (χ0n) is 17.1. The zero-order valence-corrected chi connectivity index (χ0v) is 17.9. The van der Waals surface area contributed by atoms with Crippen molar-refractivity contribution >= 4 is 33.5 Å². The summed E-state index contributed by atoms with van der Waals surface area (Å²) in [6.07, 6.45) is -3.72. The molecule has 0 aliphatic heterocycles. The molecule has 0 aliphatic rings. The van der Waals surface area contributed by atoms with Crippen LogP contribution in [0.3, 0.4) is 0 Å². The fourth-order valence-electron chi connectivity index (χ4n) is 3.18. The smallest absolute Gasteiger partial charge is 0.447 e. The summed E-state index contributed by atoms with van der Waals surface area (Å²) >= 11 is 1.12. The van der Waals surface area contributed by atoms with Crippen molar-refractivity contribution < 1.29 is 27.1 Å². The van der Waals surface area contributed by atoms with Crippen molar-refractivity contribution in [1.29, 1.82) is 0 Å². The number of nitrogens with zero attached hydrogens (tertiary/aromatic N) is 3. The summed E-state index contributed by atoms with van der Waals surface area (Å²) in [7, 11) is 2.79. The lowest BCUT2D eigenvalue weighted by Gasteiger charge is -2.08. The summed E-state index contributed by atoms with van der Waals surface area (Å²) in [4.78, 5) is 41.2. The first-order valence-corrected chi connectivity index (χ1v) is 10.2. The van der Waals surface area contributed by atoms with Gasteiger partial charge in [0.15, 0.2) is 5.13 Å². The van der Waals surface area contributed by atoms with Crippen LogP contribution < -0.4 is 21.3 Å². The average molecular weight is 480 g/mol. The highest BCUT2D eigenvalue weighted by Crippen LogP contribution is 2.29. The first-order chi connectivity index (χ1) is 15.5. The third-order valence-electron chi connectivity index (χ3n) is 4.73. The summed E-state index contributed by atoms with van der Waals surface area (Å²) in [5.41, 5.74) is 0.249. The van der Waals surface area contributed by atoms with E-state index in [-0.39, 0.29) is 28.4 Å². The van der Waals surface area contributed by atoms with E-state index < -0.39 is 23.5 Å². The number of nitrogens with one attached hydrogen (secondary N) is 1. The number of anilines is 1. The van der Waals surface area contributed by atoms with Crippen molar-refractivity contribution in [1.82, 2.24) is 14.1 Å². The van der Waals surface area contributed by atoms with Crippen molar-refractivity contribution in [2.75, 3.05) is 5.32 Å². The van der Waals surface area contributed by atoms with E-state index in [0.29, 0.717) is 16.8 Å². The Morgan fingerprint density at radius 1 is 1.18 bits per heavy atom. The summed E-state index contributed by atoms with van der Waals surface area (Å²) in [5.74, 6) is -0.825. The maximum atomic E-state index is 12.5. The Labute approximate surface area is 186 Å². The molecule has 0 aliphatic carbocycles. The van der Waals surface area contributed by atoms with E-state index in [9.17, 15) is 27.6 Å². The fraction of sp³-hybridized carbons (Fsp3) is 0.200. The van der Waals surface area contributed by atoms with Gasteiger partial charge in [0.1, 0.15) is 11.1 Å². The van der Waals surface area contributed by atoms with Crippen molar-refractivity contribution in [2.45, 2.75) is 12.8 Å². The van der Waals surface area contributed by atoms with Gasteiger partial charge in [-0.3, -0.25) is 18.7 Å². The quantitative estimate of drug-likeness (QED) is 0.471. The molecule has 0 unspecified atom stereocenters. The van der Waals surface area contributed by atoms with E-state index in [2.05, 4.69) is 15.0 Å². The zero-order chi connectivity index (χ0) is 23.9. The van der Waals surface area contributed by atoms with Gasteiger partial charge in [-0.15, -0.1) is 24.5 Å². The lowest BCUT2D eigenvalue weighted by molar-refractivity contribution is -0.274. The number of aryl methyl sites for hydroxylation is 1. The van der Waals surface area contributed by atoms with Gasteiger partial charge in [0.2, 0.25) is 11.6 Å². The number of thiazole rings is 1. The number of alkyl halides is 3. The van der Waals surface area contributed by atoms with Gasteiger partial charge in [0.25, 0.3) is 5.56 Å². The Bertz CT molecular complexity index is 1460. The van der Waals surface area contributed by atoms with Crippen LogP contribution in [0.15, 0.2) is 49.9 Å². The maximum absolute atomic E-state index is 12.5. The summed E-state index contributed by atoms with van der Waals surface area (Å²) < 4.78 is 48.1. The molecule has 0 saturated carbocycles. The molecule has 0 atom stereocenters. The van der Waals surface area contributed by atoms with Crippen LogP contribution >= 0.6 is 11.3 Å². The second-order valence-electron chi connectivity index (χ2n) is 6.98. The van der Waals surface area contributed by atoms with Gasteiger partial charge in [0, 0.05) is 30.6 Å². The Kier molecular flexibility index (Phi) is 5.57. The van der Waals surface area contributed by atoms with Crippen molar-refractivity contribution in [3.63, 3.8) is 0 Å². The molecule has 0 fully saturated rings. The van der Waals surface area contributed by atoms with Crippen LogP contribution in [0.1, 0.15) is 5.56 Å². The Morgan fingerprint density at radius 2 is 1.88 bits per heavy atom. The first kappa shape index (κ1) is 22.3. The van der Waals surface area contributed by atoms with Crippen LogP contribution in [0, 0.1) is 0 Å². The summed E-state index contributed by atoms with van der Waals surface area (Å²) in [6.45, 7) is 0. The molecule has 1 amide bonds. The van der Waals surface area contributed by atoms with Gasteiger partial charge in [0.05, 0.1) is 18.4 Å². The second-order valence-corrected chi connectivity index (χ2v) is 7.84. The number of halogens is 3. The molecule has 3 heterocycles. The van der Waals surface area contributed by atoms with Gasteiger partial charge < -0.3 is 14.5 Å². The number of hydrogen-bond acceptors (Lipinski definition) is 7. The van der Waals surface area contributed by atoms with E-state index in [1.165, 1.54) is 37.1 Å². The van der Waals surface area contributed by atoms with Crippen molar-refractivity contribution in [2.24, 2.45) is 14.1 Å². The van der Waals surface area contributed by atoms with Crippen LogP contribution in [0.5, 0.6) is 5.75 Å². The number of aromatic nitrogens is 3. The van der Waals surface area contributed by atoms with Crippen LogP contribution in [0.2, 0.25) is 0 Å². The number of ether oxygens (including phenoxy) is 1. The third-order valence-corrected chi connectivity index (χ3v) is 5.49. The number of carbonyl (C=O) groups excluding carboxylic acids is 1. The summed E-state index contributed by atoms with van der Waals surface area (Å²) in [5, 5.41) is 4.64. The third kappa shape index (κ3) is 4.53. The highest BCUT2D eigenvalue weighted by atomic mass is 32.1. The SMILES string of the molecule is Cn1c(=O)c2c(CC(=O)Nc3nc(-c4ccc(OC(F)(F)F)cc4)cs3)coc2n(C)c1=O. The molecule has 4 aromatic rings. The van der Waals surface area contributed by atoms with E-state index in [1.807, 2.05) is 0 Å². The predicted molar refractivity (Wildman–Crippen MR) is 113 cm³/mol. The highest BCUT2D eigenvalue weighted by molar-refractivity contribution is 7.14. The van der Waals surface area contributed by atoms with Gasteiger partial charge in [-0.25, -0.2) is 9.78 Å². The Morgan fingerprint density at radius 3 is 2.55 bits per heavy atom. The van der Waals surface area contributed by atoms with Gasteiger partial charge in [-0.1, -0.05) is 0 Å². The average Bonchev–Trinajstić information content (AvgIpc) is 3.37. The van der Waals surface area contributed by atoms with E-state index >= 15 is 0 Å². The number of fused-ring (bicyclic) bond motifs is 1. The van der Waals surface area contributed by atoms with Gasteiger partial charge in [-0.05, 0) is 24.3 Å². The maximum Gasteiger partial charge on any atom is 0.573 e. The van der Waals surface area contributed by atoms with Crippen LogP contribution in [-0.4, -0.2) is 26.4 Å². The standard InChI is InChI=1S/C20H15F3N4O5S/c1-26-16(29)15-11(8-31-17(15)27(2)19(26)30)7-14(28)25-18-24-13(9-33-18)10-3-5-12(6-4-10)32-20(21,22)23/h3-6,8-9H,7H2,1-2H3,(H,24,25,28). The number of hydrogen-bond donors (Lipinski definition) is 1. The Hall–Kier alpha value is -3.87. The largest absolute Gasteiger partial charge is 0.573 e. The molecule has 0 spiro atoms. The molecule has 1 N–H and O–H groups in total. The lowest BCUT2D eigenvalue weighted by atomic mass is 10.1. The van der Waals surface area contributed by atoms with Crippen molar-refractivity contribution in [3.05, 3.63) is 62.3 Å². The van der Waals surface area contributed by atoms with Gasteiger partial charge in [-0.2, -0.15) is 0 Å². The normalized spacial score (nSPS) is 11.7. The molecule has 172 valence electrons. The topological polar surface area (TPSA) is 108 Å². The molecule has 0 saturated heterocycles.